The van der Waals surface area contributed by atoms with Gasteiger partial charge in [0.1, 0.15) is 0 Å². The Morgan fingerprint density at radius 1 is 1.47 bits per heavy atom. The van der Waals surface area contributed by atoms with Crippen LogP contribution in [0.3, 0.4) is 0 Å². The normalized spacial score (nSPS) is 15.0. The lowest BCUT2D eigenvalue weighted by Gasteiger charge is -2.02. The van der Waals surface area contributed by atoms with Gasteiger partial charge >= 0.3 is 12.0 Å². The van der Waals surface area contributed by atoms with Gasteiger partial charge in [-0.25, -0.2) is 4.79 Å². The number of methoxy groups -OCH3 is 1. The summed E-state index contributed by atoms with van der Waals surface area (Å²) >= 11 is 0. The maximum Gasteiger partial charge on any atom is 0.318 e. The predicted octanol–water partition coefficient (Wildman–Crippen LogP) is 0.772. The molecule has 1 aliphatic rings. The summed E-state index contributed by atoms with van der Waals surface area (Å²) in [5, 5.41) is 5.10. The highest BCUT2D eigenvalue weighted by molar-refractivity contribution is 5.76. The molecule has 2 amide bonds. The summed E-state index contributed by atoms with van der Waals surface area (Å²) in [5.74, 6) is 0.309. The third kappa shape index (κ3) is 5.72. The molecule has 0 unspecified atom stereocenters. The third-order valence-corrected chi connectivity index (χ3v) is 2.05. The average molecular weight is 212 g/mol. The molecule has 0 saturated heterocycles. The summed E-state index contributed by atoms with van der Waals surface area (Å²) in [6.45, 7) is 0.287. The fourth-order valence-electron chi connectivity index (χ4n) is 0.980. The van der Waals surface area contributed by atoms with Crippen LogP contribution in [0, 0.1) is 5.92 Å². The smallest absolute Gasteiger partial charge is 0.318 e. The SMILES string of the molecule is COC(=O)CCNC(=O)N/C=C/C1CC1. The van der Waals surface area contributed by atoms with Gasteiger partial charge in [-0.05, 0) is 18.8 Å². The summed E-state index contributed by atoms with van der Waals surface area (Å²) < 4.78 is 4.43. The van der Waals surface area contributed by atoms with Crippen LogP contribution in [0.2, 0.25) is 0 Å². The first-order valence-electron chi connectivity index (χ1n) is 5.00. The van der Waals surface area contributed by atoms with E-state index in [2.05, 4.69) is 15.4 Å². The number of rotatable bonds is 5. The van der Waals surface area contributed by atoms with Crippen LogP contribution in [0.25, 0.3) is 0 Å². The van der Waals surface area contributed by atoms with Crippen LogP contribution < -0.4 is 10.6 Å². The summed E-state index contributed by atoms with van der Waals surface area (Å²) in [7, 11) is 1.32. The predicted molar refractivity (Wildman–Crippen MR) is 55.0 cm³/mol. The molecule has 1 fully saturated rings. The van der Waals surface area contributed by atoms with Crippen LogP contribution in [0.1, 0.15) is 19.3 Å². The van der Waals surface area contributed by atoms with Gasteiger partial charge < -0.3 is 15.4 Å². The molecule has 84 valence electrons. The zero-order valence-corrected chi connectivity index (χ0v) is 8.79. The van der Waals surface area contributed by atoms with Gasteiger partial charge in [0.25, 0.3) is 0 Å². The zero-order chi connectivity index (χ0) is 11.1. The summed E-state index contributed by atoms with van der Waals surface area (Å²) in [6, 6.07) is -0.296. The minimum atomic E-state index is -0.330. The van der Waals surface area contributed by atoms with Gasteiger partial charge in [0, 0.05) is 12.7 Å². The lowest BCUT2D eigenvalue weighted by atomic mass is 10.4. The topological polar surface area (TPSA) is 67.4 Å². The van der Waals surface area contributed by atoms with Crippen molar-refractivity contribution in [1.29, 1.82) is 0 Å². The first kappa shape index (κ1) is 11.6. The van der Waals surface area contributed by atoms with Crippen molar-refractivity contribution in [3.05, 3.63) is 12.3 Å². The molecule has 15 heavy (non-hydrogen) atoms. The zero-order valence-electron chi connectivity index (χ0n) is 8.79. The van der Waals surface area contributed by atoms with Crippen LogP contribution in [0.4, 0.5) is 4.79 Å². The van der Waals surface area contributed by atoms with Crippen LogP contribution in [0.5, 0.6) is 0 Å². The number of carbonyl (C=O) groups is 2. The quantitative estimate of drug-likeness (QED) is 0.661. The molecule has 1 saturated carbocycles. The Kier molecular flexibility index (Phi) is 4.66. The second-order valence-electron chi connectivity index (χ2n) is 3.42. The average Bonchev–Trinajstić information content (AvgIpc) is 3.01. The van der Waals surface area contributed by atoms with E-state index in [1.54, 1.807) is 6.20 Å². The third-order valence-electron chi connectivity index (χ3n) is 2.05. The fraction of sp³-hybridized carbons (Fsp3) is 0.600. The molecule has 0 aromatic carbocycles. The minimum absolute atomic E-state index is 0.191. The second kappa shape index (κ2) is 6.06. The van der Waals surface area contributed by atoms with Crippen molar-refractivity contribution in [2.45, 2.75) is 19.3 Å². The molecule has 0 atom stereocenters. The molecule has 0 aromatic heterocycles. The Labute approximate surface area is 88.9 Å². The first-order valence-corrected chi connectivity index (χ1v) is 5.00. The lowest BCUT2D eigenvalue weighted by Crippen LogP contribution is -2.33. The van der Waals surface area contributed by atoms with E-state index in [0.717, 1.165) is 0 Å². The van der Waals surface area contributed by atoms with Gasteiger partial charge in [-0.3, -0.25) is 4.79 Å². The van der Waals surface area contributed by atoms with Crippen LogP contribution in [-0.2, 0) is 9.53 Å². The van der Waals surface area contributed by atoms with Gasteiger partial charge in [-0.15, -0.1) is 0 Å². The number of carbonyl (C=O) groups excluding carboxylic acids is 2. The molecule has 5 nitrogen and oxygen atoms in total. The van der Waals surface area contributed by atoms with Crippen LogP contribution in [0.15, 0.2) is 12.3 Å². The highest BCUT2D eigenvalue weighted by atomic mass is 16.5. The molecule has 2 N–H and O–H groups in total. The molecule has 5 heteroatoms. The number of ether oxygens (including phenoxy) is 1. The van der Waals surface area contributed by atoms with Crippen molar-refractivity contribution in [2.24, 2.45) is 5.92 Å². The van der Waals surface area contributed by atoms with Crippen molar-refractivity contribution in [3.8, 4) is 0 Å². The van der Waals surface area contributed by atoms with E-state index in [4.69, 9.17) is 0 Å². The summed E-state index contributed by atoms with van der Waals surface area (Å²) in [4.78, 5) is 21.8. The minimum Gasteiger partial charge on any atom is -0.469 e. The molecule has 0 spiro atoms. The Bertz CT molecular complexity index is 259. The number of esters is 1. The number of hydrogen-bond donors (Lipinski definition) is 2. The van der Waals surface area contributed by atoms with Crippen LogP contribution >= 0.6 is 0 Å². The standard InChI is InChI=1S/C10H16N2O3/c1-15-9(13)5-7-12-10(14)11-6-4-8-2-3-8/h4,6,8H,2-3,5,7H2,1H3,(H2,11,12,14)/b6-4+. The van der Waals surface area contributed by atoms with Gasteiger partial charge in [0.05, 0.1) is 13.5 Å². The number of nitrogens with one attached hydrogen (secondary N) is 2. The molecule has 1 rings (SSSR count). The molecule has 0 heterocycles. The highest BCUT2D eigenvalue weighted by Crippen LogP contribution is 2.29. The second-order valence-corrected chi connectivity index (χ2v) is 3.42. The lowest BCUT2D eigenvalue weighted by molar-refractivity contribution is -0.140. The van der Waals surface area contributed by atoms with Crippen molar-refractivity contribution < 1.29 is 14.3 Å². The van der Waals surface area contributed by atoms with Gasteiger partial charge in [0.15, 0.2) is 0 Å². The molecule has 0 aliphatic heterocycles. The molecule has 0 radical (unpaired) electrons. The van der Waals surface area contributed by atoms with E-state index in [1.165, 1.54) is 20.0 Å². The number of hydrogen-bond acceptors (Lipinski definition) is 3. The van der Waals surface area contributed by atoms with Gasteiger partial charge in [-0.1, -0.05) is 6.08 Å². The van der Waals surface area contributed by atoms with E-state index in [0.29, 0.717) is 5.92 Å². The van der Waals surface area contributed by atoms with Crippen molar-refractivity contribution >= 4 is 12.0 Å². The Morgan fingerprint density at radius 3 is 2.80 bits per heavy atom. The Balaban J connectivity index is 1.99. The van der Waals surface area contributed by atoms with Crippen molar-refractivity contribution in [3.63, 3.8) is 0 Å². The summed E-state index contributed by atoms with van der Waals surface area (Å²) in [6.07, 6.45) is 6.23. The first-order chi connectivity index (χ1) is 7.22. The Hall–Kier alpha value is -1.52. The number of amides is 2. The highest BCUT2D eigenvalue weighted by Gasteiger charge is 2.16. The Morgan fingerprint density at radius 2 is 2.20 bits per heavy atom. The monoisotopic (exact) mass is 212 g/mol. The summed E-state index contributed by atoms with van der Waals surface area (Å²) in [5.41, 5.74) is 0. The van der Waals surface area contributed by atoms with Gasteiger partial charge in [0.2, 0.25) is 0 Å². The van der Waals surface area contributed by atoms with E-state index in [-0.39, 0.29) is 25.0 Å². The van der Waals surface area contributed by atoms with Crippen molar-refractivity contribution in [1.82, 2.24) is 10.6 Å². The van der Waals surface area contributed by atoms with Crippen LogP contribution in [-0.4, -0.2) is 25.7 Å². The molecular weight excluding hydrogens is 196 g/mol. The molecular formula is C10H16N2O3. The van der Waals surface area contributed by atoms with E-state index >= 15 is 0 Å². The van der Waals surface area contributed by atoms with E-state index < -0.39 is 0 Å². The largest absolute Gasteiger partial charge is 0.469 e. The molecule has 1 aliphatic carbocycles. The number of allylic oxidation sites excluding steroid dienone is 1. The maximum absolute atomic E-state index is 11.1. The number of urea groups is 1. The maximum atomic E-state index is 11.1. The fourth-order valence-corrected chi connectivity index (χ4v) is 0.980. The molecule has 0 aromatic rings. The molecule has 0 bridgehead atoms. The van der Waals surface area contributed by atoms with Crippen molar-refractivity contribution in [2.75, 3.05) is 13.7 Å². The van der Waals surface area contributed by atoms with E-state index in [9.17, 15) is 9.59 Å². The van der Waals surface area contributed by atoms with E-state index in [1.807, 2.05) is 6.08 Å². The van der Waals surface area contributed by atoms with Gasteiger partial charge in [-0.2, -0.15) is 0 Å².